The van der Waals surface area contributed by atoms with E-state index in [1.807, 2.05) is 30.3 Å². The first-order valence-corrected chi connectivity index (χ1v) is 7.88. The highest BCUT2D eigenvalue weighted by atomic mass is 16.2. The SMILES string of the molecule is O=C(CCC(=O)c1ccccc1)NNC(=O)c1c[nH]c2ccccc12. The number of para-hydroxylation sites is 1. The Balaban J connectivity index is 1.50. The van der Waals surface area contributed by atoms with Crippen LogP contribution < -0.4 is 10.9 Å². The number of carbonyl (C=O) groups excluding carboxylic acids is 3. The van der Waals surface area contributed by atoms with Crippen molar-refractivity contribution in [3.8, 4) is 0 Å². The molecule has 0 aliphatic carbocycles. The quantitative estimate of drug-likeness (QED) is 0.494. The van der Waals surface area contributed by atoms with E-state index in [9.17, 15) is 14.4 Å². The van der Waals surface area contributed by atoms with Gasteiger partial charge < -0.3 is 4.98 Å². The molecule has 0 aliphatic heterocycles. The first kappa shape index (κ1) is 16.4. The molecule has 0 fully saturated rings. The lowest BCUT2D eigenvalue weighted by Crippen LogP contribution is -2.41. The third-order valence-corrected chi connectivity index (χ3v) is 3.82. The van der Waals surface area contributed by atoms with Crippen LogP contribution in [0.25, 0.3) is 10.9 Å². The zero-order valence-electron chi connectivity index (χ0n) is 13.4. The molecule has 126 valence electrons. The fourth-order valence-electron chi connectivity index (χ4n) is 2.51. The molecule has 0 atom stereocenters. The first-order valence-electron chi connectivity index (χ1n) is 7.88. The Bertz CT molecular complexity index is 916. The Kier molecular flexibility index (Phi) is 4.89. The predicted molar refractivity (Wildman–Crippen MR) is 93.9 cm³/mol. The van der Waals surface area contributed by atoms with E-state index in [4.69, 9.17) is 0 Å². The van der Waals surface area contributed by atoms with E-state index in [2.05, 4.69) is 15.8 Å². The maximum atomic E-state index is 12.2. The van der Waals surface area contributed by atoms with Crippen molar-refractivity contribution in [2.24, 2.45) is 0 Å². The first-order chi connectivity index (χ1) is 12.1. The summed E-state index contributed by atoms with van der Waals surface area (Å²) < 4.78 is 0. The van der Waals surface area contributed by atoms with Crippen LogP contribution in [0.4, 0.5) is 0 Å². The molecule has 3 aromatic rings. The summed E-state index contributed by atoms with van der Waals surface area (Å²) in [6.45, 7) is 0. The topological polar surface area (TPSA) is 91.1 Å². The van der Waals surface area contributed by atoms with E-state index in [0.29, 0.717) is 11.1 Å². The molecule has 0 saturated carbocycles. The highest BCUT2D eigenvalue weighted by Crippen LogP contribution is 2.17. The minimum Gasteiger partial charge on any atom is -0.360 e. The molecule has 25 heavy (non-hydrogen) atoms. The van der Waals surface area contributed by atoms with Gasteiger partial charge in [-0.05, 0) is 6.07 Å². The molecule has 0 bridgehead atoms. The molecule has 0 saturated heterocycles. The van der Waals surface area contributed by atoms with Gasteiger partial charge in [-0.2, -0.15) is 0 Å². The lowest BCUT2D eigenvalue weighted by Gasteiger charge is -2.06. The van der Waals surface area contributed by atoms with Gasteiger partial charge >= 0.3 is 0 Å². The maximum absolute atomic E-state index is 12.2. The van der Waals surface area contributed by atoms with Crippen LogP contribution in [-0.4, -0.2) is 22.6 Å². The molecular weight excluding hydrogens is 318 g/mol. The van der Waals surface area contributed by atoms with E-state index in [1.165, 1.54) is 0 Å². The summed E-state index contributed by atoms with van der Waals surface area (Å²) in [4.78, 5) is 38.9. The second kappa shape index (κ2) is 7.44. The van der Waals surface area contributed by atoms with Crippen molar-refractivity contribution in [1.29, 1.82) is 0 Å². The minimum atomic E-state index is -0.419. The van der Waals surface area contributed by atoms with Crippen LogP contribution in [0, 0.1) is 0 Å². The molecule has 0 unspecified atom stereocenters. The summed E-state index contributed by atoms with van der Waals surface area (Å²) in [5, 5.41) is 0.772. The molecule has 0 radical (unpaired) electrons. The number of hydrazine groups is 1. The van der Waals surface area contributed by atoms with Crippen LogP contribution in [0.1, 0.15) is 33.6 Å². The zero-order chi connectivity index (χ0) is 17.6. The fourth-order valence-corrected chi connectivity index (χ4v) is 2.51. The predicted octanol–water partition coefficient (Wildman–Crippen LogP) is 2.59. The number of hydrogen-bond acceptors (Lipinski definition) is 3. The molecule has 0 spiro atoms. The van der Waals surface area contributed by atoms with Crippen molar-refractivity contribution >= 4 is 28.5 Å². The molecule has 3 rings (SSSR count). The molecular formula is C19H17N3O3. The van der Waals surface area contributed by atoms with Crippen LogP contribution in [0.15, 0.2) is 60.8 Å². The number of Topliss-reactive ketones (excluding diaryl/α,β-unsaturated/α-hetero) is 1. The van der Waals surface area contributed by atoms with E-state index in [1.54, 1.807) is 30.5 Å². The van der Waals surface area contributed by atoms with Crippen LogP contribution in [0.5, 0.6) is 0 Å². The third kappa shape index (κ3) is 3.92. The van der Waals surface area contributed by atoms with Crippen LogP contribution in [0.3, 0.4) is 0 Å². The minimum absolute atomic E-state index is 0.00188. The molecule has 2 amide bonds. The number of H-pyrrole nitrogens is 1. The molecule has 6 heteroatoms. The Morgan fingerprint density at radius 2 is 1.56 bits per heavy atom. The molecule has 3 N–H and O–H groups in total. The number of nitrogens with one attached hydrogen (secondary N) is 3. The second-order valence-electron chi connectivity index (χ2n) is 5.54. The van der Waals surface area contributed by atoms with Gasteiger partial charge in [0.15, 0.2) is 5.78 Å². The van der Waals surface area contributed by atoms with E-state index in [0.717, 1.165) is 10.9 Å². The largest absolute Gasteiger partial charge is 0.360 e. The Morgan fingerprint density at radius 3 is 2.36 bits per heavy atom. The molecule has 0 aliphatic rings. The molecule has 6 nitrogen and oxygen atoms in total. The molecule has 1 aromatic heterocycles. The number of ketones is 1. The number of aromatic amines is 1. The maximum Gasteiger partial charge on any atom is 0.271 e. The fraction of sp³-hybridized carbons (Fsp3) is 0.105. The van der Waals surface area contributed by atoms with Gasteiger partial charge in [0.2, 0.25) is 5.91 Å². The van der Waals surface area contributed by atoms with Crippen molar-refractivity contribution in [3.05, 3.63) is 71.9 Å². The average molecular weight is 335 g/mol. The number of fused-ring (bicyclic) bond motifs is 1. The number of rotatable bonds is 5. The van der Waals surface area contributed by atoms with Gasteiger partial charge in [-0.25, -0.2) is 0 Å². The highest BCUT2D eigenvalue weighted by molar-refractivity contribution is 6.07. The summed E-state index contributed by atoms with van der Waals surface area (Å²) >= 11 is 0. The number of hydrogen-bond donors (Lipinski definition) is 3. The summed E-state index contributed by atoms with van der Waals surface area (Å²) in [7, 11) is 0. The summed E-state index contributed by atoms with van der Waals surface area (Å²) in [6.07, 6.45) is 1.67. The van der Waals surface area contributed by atoms with Crippen molar-refractivity contribution < 1.29 is 14.4 Å². The average Bonchev–Trinajstić information content (AvgIpc) is 3.09. The standard InChI is InChI=1S/C19H17N3O3/c23-17(13-6-2-1-3-7-13)10-11-18(24)21-22-19(25)15-12-20-16-9-5-4-8-14(15)16/h1-9,12,20H,10-11H2,(H,21,24)(H,22,25). The van der Waals surface area contributed by atoms with Gasteiger partial charge in [0.05, 0.1) is 5.56 Å². The monoisotopic (exact) mass is 335 g/mol. The molecule has 2 aromatic carbocycles. The van der Waals surface area contributed by atoms with Gasteiger partial charge in [-0.15, -0.1) is 0 Å². The van der Waals surface area contributed by atoms with Crippen LogP contribution in [-0.2, 0) is 4.79 Å². The summed E-state index contributed by atoms with van der Waals surface area (Å²) in [5.74, 6) is -0.948. The third-order valence-electron chi connectivity index (χ3n) is 3.82. The van der Waals surface area contributed by atoms with Gasteiger partial charge in [0.1, 0.15) is 0 Å². The van der Waals surface area contributed by atoms with E-state index in [-0.39, 0.29) is 18.6 Å². The van der Waals surface area contributed by atoms with Crippen LogP contribution in [0.2, 0.25) is 0 Å². The lowest BCUT2D eigenvalue weighted by atomic mass is 10.1. The molecule has 1 heterocycles. The number of amides is 2. The Morgan fingerprint density at radius 1 is 0.840 bits per heavy atom. The summed E-state index contributed by atoms with van der Waals surface area (Å²) in [5.41, 5.74) is 6.56. The van der Waals surface area contributed by atoms with Crippen molar-refractivity contribution in [2.75, 3.05) is 0 Å². The van der Waals surface area contributed by atoms with Gasteiger partial charge in [0.25, 0.3) is 5.91 Å². The van der Waals surface area contributed by atoms with E-state index >= 15 is 0 Å². The van der Waals surface area contributed by atoms with Gasteiger partial charge in [-0.3, -0.25) is 25.2 Å². The Labute approximate surface area is 144 Å². The summed E-state index contributed by atoms with van der Waals surface area (Å²) in [6, 6.07) is 16.2. The normalized spacial score (nSPS) is 10.4. The smallest absolute Gasteiger partial charge is 0.271 e. The van der Waals surface area contributed by atoms with E-state index < -0.39 is 11.8 Å². The zero-order valence-corrected chi connectivity index (χ0v) is 13.4. The lowest BCUT2D eigenvalue weighted by molar-refractivity contribution is -0.121. The van der Waals surface area contributed by atoms with Crippen molar-refractivity contribution in [2.45, 2.75) is 12.8 Å². The number of aromatic nitrogens is 1. The van der Waals surface area contributed by atoms with Crippen molar-refractivity contribution in [3.63, 3.8) is 0 Å². The highest BCUT2D eigenvalue weighted by Gasteiger charge is 2.13. The number of carbonyl (C=O) groups is 3. The second-order valence-corrected chi connectivity index (χ2v) is 5.54. The van der Waals surface area contributed by atoms with Gasteiger partial charge in [0, 0.05) is 35.5 Å². The van der Waals surface area contributed by atoms with Crippen molar-refractivity contribution in [1.82, 2.24) is 15.8 Å². The Hall–Kier alpha value is -3.41. The number of benzene rings is 2. The van der Waals surface area contributed by atoms with Gasteiger partial charge in [-0.1, -0.05) is 48.5 Å². The van der Waals surface area contributed by atoms with Crippen LogP contribution >= 0.6 is 0 Å².